The Labute approximate surface area is 47.0 Å². The second-order valence-electron chi connectivity index (χ2n) is 1.63. The molecule has 2 amide bonds. The molecule has 0 saturated carbocycles. The molecule has 0 aromatic carbocycles. The molecular formula is C4H7N2O2. The van der Waals surface area contributed by atoms with E-state index in [0.29, 0.717) is 6.54 Å². The monoisotopic (exact) mass is 115 g/mol. The molecule has 1 saturated heterocycles. The van der Waals surface area contributed by atoms with Crippen molar-refractivity contribution in [3.63, 3.8) is 0 Å². The van der Waals surface area contributed by atoms with Gasteiger partial charge in [-0.1, -0.05) is 0 Å². The van der Waals surface area contributed by atoms with Crippen molar-refractivity contribution in [2.24, 2.45) is 5.73 Å². The summed E-state index contributed by atoms with van der Waals surface area (Å²) in [5.41, 5.74) is 4.71. The lowest BCUT2D eigenvalue weighted by Crippen LogP contribution is -2.25. The molecule has 1 heterocycles. The molecule has 0 aliphatic carbocycles. The maximum Gasteiger partial charge on any atom is 0.333 e. The topological polar surface area (TPSA) is 69.7 Å². The molecule has 4 heteroatoms. The standard InChI is InChI=1S/C4H7N2O2/c5-4(7)6-1-3-2-8-3/h3H,1-2H2,(H2,5,7). The first-order valence-electron chi connectivity index (χ1n) is 2.37. The number of ether oxygens (including phenoxy) is 1. The smallest absolute Gasteiger partial charge is 0.333 e. The van der Waals surface area contributed by atoms with Gasteiger partial charge in [0.25, 0.3) is 0 Å². The molecule has 0 spiro atoms. The molecule has 2 N–H and O–H groups in total. The Kier molecular flexibility index (Phi) is 1.34. The molecule has 1 radical (unpaired) electrons. The van der Waals surface area contributed by atoms with Crippen LogP contribution in [0.15, 0.2) is 0 Å². The van der Waals surface area contributed by atoms with Crippen molar-refractivity contribution in [1.82, 2.24) is 5.32 Å². The first-order chi connectivity index (χ1) is 3.79. The van der Waals surface area contributed by atoms with Crippen LogP contribution in [0, 0.1) is 0 Å². The van der Waals surface area contributed by atoms with Crippen LogP contribution < -0.4 is 11.1 Å². The van der Waals surface area contributed by atoms with E-state index in [-0.39, 0.29) is 6.10 Å². The molecule has 1 rings (SSSR count). The molecule has 0 aromatic heterocycles. The van der Waals surface area contributed by atoms with Crippen LogP contribution in [-0.2, 0) is 4.74 Å². The van der Waals surface area contributed by atoms with Gasteiger partial charge in [0.1, 0.15) is 6.10 Å². The Morgan fingerprint density at radius 3 is 3.00 bits per heavy atom. The molecule has 1 unspecified atom stereocenters. The van der Waals surface area contributed by atoms with Crippen LogP contribution in [0.3, 0.4) is 0 Å². The average Bonchev–Trinajstić information content (AvgIpc) is 2.41. The van der Waals surface area contributed by atoms with Gasteiger partial charge in [0.15, 0.2) is 0 Å². The quantitative estimate of drug-likeness (QED) is 0.472. The van der Waals surface area contributed by atoms with Crippen LogP contribution in [0.25, 0.3) is 0 Å². The number of amides is 2. The average molecular weight is 115 g/mol. The molecule has 8 heavy (non-hydrogen) atoms. The van der Waals surface area contributed by atoms with Gasteiger partial charge >= 0.3 is 6.03 Å². The largest absolute Gasteiger partial charge is 0.371 e. The van der Waals surface area contributed by atoms with Crippen molar-refractivity contribution in [1.29, 1.82) is 0 Å². The number of primary amides is 1. The summed E-state index contributed by atoms with van der Waals surface area (Å²) in [5.74, 6) is 0. The van der Waals surface area contributed by atoms with Gasteiger partial charge in [0.2, 0.25) is 0 Å². The van der Waals surface area contributed by atoms with Gasteiger partial charge in [0.05, 0.1) is 13.2 Å². The van der Waals surface area contributed by atoms with Crippen molar-refractivity contribution in [3.05, 3.63) is 0 Å². The zero-order chi connectivity index (χ0) is 5.98. The molecule has 45 valence electrons. The molecule has 0 aromatic rings. The van der Waals surface area contributed by atoms with E-state index >= 15 is 0 Å². The van der Waals surface area contributed by atoms with Crippen LogP contribution in [0.1, 0.15) is 0 Å². The summed E-state index contributed by atoms with van der Waals surface area (Å²) in [6.45, 7) is 1.14. The van der Waals surface area contributed by atoms with Gasteiger partial charge in [-0.3, -0.25) is 0 Å². The summed E-state index contributed by atoms with van der Waals surface area (Å²) >= 11 is 0. The number of epoxide rings is 1. The highest BCUT2D eigenvalue weighted by atomic mass is 16.6. The van der Waals surface area contributed by atoms with E-state index in [4.69, 9.17) is 10.5 Å². The van der Waals surface area contributed by atoms with Crippen LogP contribution >= 0.6 is 0 Å². The number of urea groups is 1. The normalized spacial score (nSPS) is 24.8. The number of nitrogens with two attached hydrogens (primary N) is 1. The zero-order valence-corrected chi connectivity index (χ0v) is 4.33. The SMILES string of the molecule is NC(=O)[N]CC1CO1. The van der Waals surface area contributed by atoms with E-state index in [1.165, 1.54) is 0 Å². The fraction of sp³-hybridized carbons (Fsp3) is 0.750. The Balaban J connectivity index is 1.95. The predicted octanol–water partition coefficient (Wildman–Crippen LogP) is -0.932. The van der Waals surface area contributed by atoms with Gasteiger partial charge in [-0.05, 0) is 0 Å². The summed E-state index contributed by atoms with van der Waals surface area (Å²) in [6, 6.07) is -0.611. The fourth-order valence-electron chi connectivity index (χ4n) is 0.365. The van der Waals surface area contributed by atoms with Crippen LogP contribution in [0.5, 0.6) is 0 Å². The van der Waals surface area contributed by atoms with Crippen molar-refractivity contribution in [2.45, 2.75) is 6.10 Å². The molecule has 1 fully saturated rings. The Bertz CT molecular complexity index is 100. The maximum atomic E-state index is 9.93. The minimum Gasteiger partial charge on any atom is -0.371 e. The highest BCUT2D eigenvalue weighted by molar-refractivity contribution is 5.71. The van der Waals surface area contributed by atoms with Crippen molar-refractivity contribution >= 4 is 6.03 Å². The predicted molar refractivity (Wildman–Crippen MR) is 26.3 cm³/mol. The molecule has 4 nitrogen and oxygen atoms in total. The number of nitrogens with zero attached hydrogens (tertiary/aromatic N) is 1. The summed E-state index contributed by atoms with van der Waals surface area (Å²) in [5, 5.41) is 3.40. The number of carbonyl (C=O) groups is 1. The van der Waals surface area contributed by atoms with E-state index in [1.54, 1.807) is 0 Å². The van der Waals surface area contributed by atoms with Crippen molar-refractivity contribution in [2.75, 3.05) is 13.2 Å². The van der Waals surface area contributed by atoms with E-state index in [9.17, 15) is 4.79 Å². The van der Waals surface area contributed by atoms with E-state index in [0.717, 1.165) is 6.61 Å². The summed E-state index contributed by atoms with van der Waals surface area (Å²) < 4.78 is 4.76. The summed E-state index contributed by atoms with van der Waals surface area (Å²) in [7, 11) is 0. The fourth-order valence-corrected chi connectivity index (χ4v) is 0.365. The van der Waals surface area contributed by atoms with E-state index in [1.807, 2.05) is 0 Å². The van der Waals surface area contributed by atoms with Crippen molar-refractivity contribution < 1.29 is 9.53 Å². The second-order valence-corrected chi connectivity index (χ2v) is 1.63. The second kappa shape index (κ2) is 2.00. The zero-order valence-electron chi connectivity index (χ0n) is 4.33. The van der Waals surface area contributed by atoms with Gasteiger partial charge in [-0.15, -0.1) is 0 Å². The van der Waals surface area contributed by atoms with Crippen LogP contribution in [-0.4, -0.2) is 25.3 Å². The Morgan fingerprint density at radius 2 is 2.62 bits per heavy atom. The van der Waals surface area contributed by atoms with Crippen LogP contribution in [0.2, 0.25) is 0 Å². The summed E-state index contributed by atoms with van der Waals surface area (Å²) in [6.07, 6.45) is 0.169. The lowest BCUT2D eigenvalue weighted by atomic mass is 10.5. The minimum atomic E-state index is -0.611. The first kappa shape index (κ1) is 5.37. The lowest BCUT2D eigenvalue weighted by molar-refractivity contribution is 0.246. The molecule has 1 atom stereocenters. The molecule has 1 aliphatic rings. The third-order valence-electron chi connectivity index (χ3n) is 0.853. The molecular weight excluding hydrogens is 108 g/mol. The first-order valence-corrected chi connectivity index (χ1v) is 2.37. The lowest BCUT2D eigenvalue weighted by Gasteiger charge is -1.89. The number of hydrogen-bond donors (Lipinski definition) is 1. The van der Waals surface area contributed by atoms with Gasteiger partial charge < -0.3 is 10.5 Å². The van der Waals surface area contributed by atoms with Crippen molar-refractivity contribution in [3.8, 4) is 0 Å². The Hall–Kier alpha value is -0.770. The molecule has 0 bridgehead atoms. The maximum absolute atomic E-state index is 9.93. The number of rotatable bonds is 2. The van der Waals surface area contributed by atoms with Crippen LogP contribution in [0.4, 0.5) is 4.79 Å². The van der Waals surface area contributed by atoms with Gasteiger partial charge in [-0.2, -0.15) is 0 Å². The highest BCUT2D eigenvalue weighted by Crippen LogP contribution is 2.06. The third-order valence-corrected chi connectivity index (χ3v) is 0.853. The van der Waals surface area contributed by atoms with Gasteiger partial charge in [0, 0.05) is 0 Å². The minimum absolute atomic E-state index is 0.169. The highest BCUT2D eigenvalue weighted by Gasteiger charge is 2.22. The Morgan fingerprint density at radius 1 is 2.00 bits per heavy atom. The summed E-state index contributed by atoms with van der Waals surface area (Å²) in [4.78, 5) is 9.93. The third kappa shape index (κ3) is 1.79. The molecule has 1 aliphatic heterocycles. The van der Waals surface area contributed by atoms with E-state index < -0.39 is 6.03 Å². The number of hydrogen-bond acceptors (Lipinski definition) is 2. The number of carbonyl (C=O) groups excluding carboxylic acids is 1. The van der Waals surface area contributed by atoms with Gasteiger partial charge in [-0.25, -0.2) is 10.1 Å². The van der Waals surface area contributed by atoms with E-state index in [2.05, 4.69) is 5.32 Å².